The van der Waals surface area contributed by atoms with E-state index in [0.717, 1.165) is 31.4 Å². The van der Waals surface area contributed by atoms with E-state index in [9.17, 15) is 0 Å². The maximum absolute atomic E-state index is 5.63. The molecule has 96 valence electrons. The molecule has 3 heteroatoms. The van der Waals surface area contributed by atoms with Crippen molar-refractivity contribution in [3.63, 3.8) is 0 Å². The molecule has 0 amide bonds. The zero-order chi connectivity index (χ0) is 12.1. The number of hydrogen-bond donors (Lipinski definition) is 1. The van der Waals surface area contributed by atoms with E-state index in [0.29, 0.717) is 0 Å². The molecule has 2 heterocycles. The molecule has 1 atom stereocenters. The van der Waals surface area contributed by atoms with Gasteiger partial charge < -0.3 is 9.73 Å². The molecule has 3 nitrogen and oxygen atoms in total. The molecule has 1 saturated heterocycles. The highest BCUT2D eigenvalue weighted by Crippen LogP contribution is 2.22. The highest BCUT2D eigenvalue weighted by molar-refractivity contribution is 5.12. The average Bonchev–Trinajstić information content (AvgIpc) is 2.96. The van der Waals surface area contributed by atoms with Crippen molar-refractivity contribution < 1.29 is 4.42 Å². The molecule has 0 aromatic carbocycles. The lowest BCUT2D eigenvalue weighted by atomic mass is 10.2. The van der Waals surface area contributed by atoms with Gasteiger partial charge in [0.25, 0.3) is 0 Å². The van der Waals surface area contributed by atoms with Crippen LogP contribution in [0.1, 0.15) is 44.4 Å². The maximum atomic E-state index is 5.63. The molecule has 1 aliphatic heterocycles. The Bertz CT molecular complexity index is 335. The molecule has 1 unspecified atom stereocenters. The predicted molar refractivity (Wildman–Crippen MR) is 69.8 cm³/mol. The average molecular weight is 236 g/mol. The minimum Gasteiger partial charge on any atom is -0.468 e. The summed E-state index contributed by atoms with van der Waals surface area (Å²) in [6.45, 7) is 8.52. The van der Waals surface area contributed by atoms with Crippen molar-refractivity contribution in [3.8, 4) is 0 Å². The van der Waals surface area contributed by atoms with Crippen LogP contribution in [0, 0.1) is 0 Å². The van der Waals surface area contributed by atoms with E-state index in [4.69, 9.17) is 4.42 Å². The smallest absolute Gasteiger partial charge is 0.118 e. The number of nitrogens with zero attached hydrogens (tertiary/aromatic N) is 1. The van der Waals surface area contributed by atoms with Crippen molar-refractivity contribution in [2.45, 2.75) is 52.2 Å². The summed E-state index contributed by atoms with van der Waals surface area (Å²) >= 11 is 0. The first-order valence-corrected chi connectivity index (χ1v) is 6.84. The first kappa shape index (κ1) is 12.7. The molecule has 0 spiro atoms. The molecular weight excluding hydrogens is 212 g/mol. The largest absolute Gasteiger partial charge is 0.468 e. The first-order valence-electron chi connectivity index (χ1n) is 6.84. The summed E-state index contributed by atoms with van der Waals surface area (Å²) in [6.07, 6.45) is 5.82. The molecule has 1 fully saturated rings. The monoisotopic (exact) mass is 236 g/mol. The fourth-order valence-electron chi connectivity index (χ4n) is 2.64. The lowest BCUT2D eigenvalue weighted by Crippen LogP contribution is -2.27. The Labute approximate surface area is 104 Å². The van der Waals surface area contributed by atoms with Crippen LogP contribution in [-0.4, -0.2) is 24.0 Å². The molecule has 0 saturated carbocycles. The van der Waals surface area contributed by atoms with Gasteiger partial charge in [0.15, 0.2) is 0 Å². The van der Waals surface area contributed by atoms with E-state index >= 15 is 0 Å². The molecule has 0 aliphatic carbocycles. The van der Waals surface area contributed by atoms with Gasteiger partial charge in [-0.05, 0) is 38.4 Å². The molecule has 1 aliphatic rings. The quantitative estimate of drug-likeness (QED) is 0.823. The van der Waals surface area contributed by atoms with Crippen molar-refractivity contribution in [2.24, 2.45) is 0 Å². The lowest BCUT2D eigenvalue weighted by Gasteiger charge is -2.21. The zero-order valence-corrected chi connectivity index (χ0v) is 11.0. The third-order valence-electron chi connectivity index (χ3n) is 3.62. The van der Waals surface area contributed by atoms with Gasteiger partial charge in [-0.15, -0.1) is 0 Å². The van der Waals surface area contributed by atoms with Crippen molar-refractivity contribution in [2.75, 3.05) is 13.1 Å². The Balaban J connectivity index is 1.87. The van der Waals surface area contributed by atoms with Gasteiger partial charge in [-0.3, -0.25) is 4.90 Å². The third-order valence-corrected chi connectivity index (χ3v) is 3.62. The fourth-order valence-corrected chi connectivity index (χ4v) is 2.64. The normalized spacial score (nSPS) is 21.2. The zero-order valence-electron chi connectivity index (χ0n) is 11.0. The van der Waals surface area contributed by atoms with Crippen LogP contribution in [0.25, 0.3) is 0 Å². The van der Waals surface area contributed by atoms with Crippen molar-refractivity contribution in [1.29, 1.82) is 0 Å². The molecule has 0 bridgehead atoms. The number of likely N-dealkylation sites (tertiary alicyclic amines) is 1. The van der Waals surface area contributed by atoms with Crippen molar-refractivity contribution >= 4 is 0 Å². The van der Waals surface area contributed by atoms with Crippen LogP contribution < -0.4 is 5.32 Å². The van der Waals surface area contributed by atoms with E-state index in [2.05, 4.69) is 30.1 Å². The lowest BCUT2D eigenvalue weighted by molar-refractivity contribution is 0.221. The van der Waals surface area contributed by atoms with Gasteiger partial charge in [-0.2, -0.15) is 0 Å². The molecule has 17 heavy (non-hydrogen) atoms. The van der Waals surface area contributed by atoms with E-state index in [-0.39, 0.29) is 0 Å². The molecule has 0 radical (unpaired) electrons. The Hall–Kier alpha value is -0.800. The Morgan fingerprint density at radius 1 is 1.47 bits per heavy atom. The molecular formula is C14H24N2O. The minimum absolute atomic E-state index is 0.761. The van der Waals surface area contributed by atoms with E-state index in [1.165, 1.54) is 31.4 Å². The van der Waals surface area contributed by atoms with Crippen molar-refractivity contribution in [3.05, 3.63) is 23.7 Å². The van der Waals surface area contributed by atoms with Crippen LogP contribution in [0.2, 0.25) is 0 Å². The summed E-state index contributed by atoms with van der Waals surface area (Å²) in [4.78, 5) is 2.55. The van der Waals surface area contributed by atoms with Crippen LogP contribution in [-0.2, 0) is 13.1 Å². The van der Waals surface area contributed by atoms with Gasteiger partial charge in [0.2, 0.25) is 0 Å². The molecule has 1 aromatic heterocycles. The predicted octanol–water partition coefficient (Wildman–Crippen LogP) is 2.76. The van der Waals surface area contributed by atoms with Gasteiger partial charge in [-0.25, -0.2) is 0 Å². The van der Waals surface area contributed by atoms with Gasteiger partial charge >= 0.3 is 0 Å². The van der Waals surface area contributed by atoms with E-state index in [1.807, 2.05) is 6.26 Å². The number of furan rings is 1. The summed E-state index contributed by atoms with van der Waals surface area (Å²) in [5, 5.41) is 3.32. The minimum atomic E-state index is 0.761. The summed E-state index contributed by atoms with van der Waals surface area (Å²) in [6, 6.07) is 2.95. The van der Waals surface area contributed by atoms with Gasteiger partial charge in [-0.1, -0.05) is 13.8 Å². The van der Waals surface area contributed by atoms with E-state index < -0.39 is 0 Å². The second-order valence-electron chi connectivity index (χ2n) is 4.88. The van der Waals surface area contributed by atoms with Crippen LogP contribution in [0.3, 0.4) is 0 Å². The third kappa shape index (κ3) is 3.33. The Morgan fingerprint density at radius 2 is 2.35 bits per heavy atom. The first-order chi connectivity index (χ1) is 8.33. The summed E-state index contributed by atoms with van der Waals surface area (Å²) < 4.78 is 5.63. The van der Waals surface area contributed by atoms with Crippen LogP contribution in [0.5, 0.6) is 0 Å². The maximum Gasteiger partial charge on any atom is 0.118 e. The standard InChI is InChI=1S/C14H24N2O/c1-3-13-6-5-7-16(13)10-14-8-12(11-17-14)9-15-4-2/h8,11,13,15H,3-7,9-10H2,1-2H3. The van der Waals surface area contributed by atoms with Crippen LogP contribution >= 0.6 is 0 Å². The topological polar surface area (TPSA) is 28.4 Å². The number of nitrogens with one attached hydrogen (secondary N) is 1. The van der Waals surface area contributed by atoms with Crippen LogP contribution in [0.15, 0.2) is 16.7 Å². The van der Waals surface area contributed by atoms with E-state index in [1.54, 1.807) is 0 Å². The number of hydrogen-bond acceptors (Lipinski definition) is 3. The van der Waals surface area contributed by atoms with Crippen molar-refractivity contribution in [1.82, 2.24) is 10.2 Å². The van der Waals surface area contributed by atoms with Crippen LogP contribution in [0.4, 0.5) is 0 Å². The SMILES string of the molecule is CCNCc1coc(CN2CCCC2CC)c1. The summed E-state index contributed by atoms with van der Waals surface area (Å²) in [7, 11) is 0. The van der Waals surface area contributed by atoms with Gasteiger partial charge in [0, 0.05) is 18.2 Å². The Morgan fingerprint density at radius 3 is 3.12 bits per heavy atom. The Kier molecular flexibility index (Phi) is 4.63. The highest BCUT2D eigenvalue weighted by Gasteiger charge is 2.23. The highest BCUT2D eigenvalue weighted by atomic mass is 16.3. The molecule has 1 N–H and O–H groups in total. The van der Waals surface area contributed by atoms with Gasteiger partial charge in [0.05, 0.1) is 12.8 Å². The summed E-state index contributed by atoms with van der Waals surface area (Å²) in [5.41, 5.74) is 1.26. The second-order valence-corrected chi connectivity index (χ2v) is 4.88. The molecule has 1 aromatic rings. The fraction of sp³-hybridized carbons (Fsp3) is 0.714. The summed E-state index contributed by atoms with van der Waals surface area (Å²) in [5.74, 6) is 1.11. The number of rotatable bonds is 6. The molecule has 2 rings (SSSR count). The van der Waals surface area contributed by atoms with Gasteiger partial charge in [0.1, 0.15) is 5.76 Å². The second kappa shape index (κ2) is 6.22.